The summed E-state index contributed by atoms with van der Waals surface area (Å²) in [5.41, 5.74) is 2.08. The molecule has 0 atom stereocenters. The Hall–Kier alpha value is -4.00. The van der Waals surface area contributed by atoms with Crippen LogP contribution in [0.15, 0.2) is 41.5 Å². The number of thiazole rings is 1. The number of carboxylic acids is 1. The number of carbonyl (C=O) groups is 3. The maximum atomic E-state index is 13.4. The summed E-state index contributed by atoms with van der Waals surface area (Å²) in [4.78, 5) is 49.0. The van der Waals surface area contributed by atoms with Crippen molar-refractivity contribution in [2.45, 2.75) is 65.2 Å². The molecule has 0 unspecified atom stereocenters. The van der Waals surface area contributed by atoms with Crippen LogP contribution in [0.3, 0.4) is 0 Å². The van der Waals surface area contributed by atoms with Gasteiger partial charge in [0.1, 0.15) is 11.5 Å². The number of amides is 3. The zero-order valence-electron chi connectivity index (χ0n) is 22.6. The molecule has 0 aliphatic carbocycles. The first-order valence-corrected chi connectivity index (χ1v) is 14.0. The molecule has 3 amide bonds. The summed E-state index contributed by atoms with van der Waals surface area (Å²) in [6.45, 7) is 3.82. The number of benzene rings is 1. The van der Waals surface area contributed by atoms with Crippen LogP contribution in [-0.2, 0) is 24.3 Å². The summed E-state index contributed by atoms with van der Waals surface area (Å²) >= 11 is 1.39. The Balaban J connectivity index is 1.70. The summed E-state index contributed by atoms with van der Waals surface area (Å²) in [5.74, 6) is -0.966. The molecular formula is C28H30F3N5O4S. The second-order valence-electron chi connectivity index (χ2n) is 9.72. The van der Waals surface area contributed by atoms with Gasteiger partial charge < -0.3 is 9.67 Å². The molecule has 9 nitrogen and oxygen atoms in total. The number of imidazole rings is 1. The van der Waals surface area contributed by atoms with Crippen LogP contribution in [0.2, 0.25) is 0 Å². The van der Waals surface area contributed by atoms with Gasteiger partial charge in [0.05, 0.1) is 34.7 Å². The van der Waals surface area contributed by atoms with Gasteiger partial charge in [-0.15, -0.1) is 11.3 Å². The van der Waals surface area contributed by atoms with Crippen LogP contribution in [0.4, 0.5) is 18.0 Å². The van der Waals surface area contributed by atoms with E-state index in [1.54, 1.807) is 23.7 Å². The average Bonchev–Trinajstić information content (AvgIpc) is 3.56. The first kappa shape index (κ1) is 30.0. The number of aryl methyl sites for hydroxylation is 2. The largest absolute Gasteiger partial charge is 0.478 e. The highest BCUT2D eigenvalue weighted by Gasteiger charge is 2.41. The van der Waals surface area contributed by atoms with Crippen LogP contribution in [0.5, 0.6) is 0 Å². The molecule has 0 radical (unpaired) electrons. The fourth-order valence-electron chi connectivity index (χ4n) is 4.50. The van der Waals surface area contributed by atoms with Crippen molar-refractivity contribution in [1.29, 1.82) is 0 Å². The van der Waals surface area contributed by atoms with Gasteiger partial charge in [-0.1, -0.05) is 25.5 Å². The molecule has 218 valence electrons. The molecule has 1 N–H and O–H groups in total. The lowest BCUT2D eigenvalue weighted by molar-refractivity contribution is -0.137. The monoisotopic (exact) mass is 589 g/mol. The van der Waals surface area contributed by atoms with Crippen molar-refractivity contribution in [3.05, 3.63) is 74.9 Å². The lowest BCUT2D eigenvalue weighted by Crippen LogP contribution is -2.34. The number of halogens is 3. The minimum Gasteiger partial charge on any atom is -0.478 e. The van der Waals surface area contributed by atoms with Crippen molar-refractivity contribution < 1.29 is 32.7 Å². The highest BCUT2D eigenvalue weighted by molar-refractivity contribution is 7.09. The molecule has 1 aliphatic heterocycles. The summed E-state index contributed by atoms with van der Waals surface area (Å²) in [7, 11) is 0. The number of hydrogen-bond donors (Lipinski definition) is 1. The van der Waals surface area contributed by atoms with E-state index in [2.05, 4.69) is 16.9 Å². The van der Waals surface area contributed by atoms with Crippen molar-refractivity contribution in [1.82, 2.24) is 24.3 Å². The highest BCUT2D eigenvalue weighted by atomic mass is 32.1. The van der Waals surface area contributed by atoms with Gasteiger partial charge in [-0.3, -0.25) is 14.6 Å². The zero-order valence-corrected chi connectivity index (χ0v) is 23.5. The molecule has 1 saturated heterocycles. The first-order chi connectivity index (χ1) is 19.5. The molecule has 13 heteroatoms. The van der Waals surface area contributed by atoms with Gasteiger partial charge in [0, 0.05) is 31.3 Å². The average molecular weight is 590 g/mol. The minimum absolute atomic E-state index is 0.00992. The number of unbranched alkanes of at least 4 members (excludes halogenated alkanes) is 1. The molecule has 2 aromatic heterocycles. The third-order valence-corrected chi connectivity index (χ3v) is 7.42. The fourth-order valence-corrected chi connectivity index (χ4v) is 5.10. The Morgan fingerprint density at radius 1 is 1.10 bits per heavy atom. The Morgan fingerprint density at radius 2 is 1.83 bits per heavy atom. The number of carbonyl (C=O) groups excluding carboxylic acids is 2. The second-order valence-corrected chi connectivity index (χ2v) is 10.8. The fraction of sp³-hybridized carbons (Fsp3) is 0.393. The van der Waals surface area contributed by atoms with Gasteiger partial charge in [-0.05, 0) is 43.5 Å². The van der Waals surface area contributed by atoms with Gasteiger partial charge >= 0.3 is 18.2 Å². The van der Waals surface area contributed by atoms with E-state index in [1.807, 2.05) is 11.5 Å². The van der Waals surface area contributed by atoms with E-state index in [0.717, 1.165) is 34.1 Å². The SMILES string of the molecule is CCCCc1ncc(C=C2C(=O)N(CCCC(F)(F)F)C(=O)N2Cc2csc(C)n2)n1Cc1ccc(C(=O)O)cc1. The molecule has 1 fully saturated rings. The van der Waals surface area contributed by atoms with Crippen LogP contribution in [0.1, 0.15) is 70.7 Å². The van der Waals surface area contributed by atoms with Gasteiger partial charge in [0.2, 0.25) is 0 Å². The van der Waals surface area contributed by atoms with E-state index in [4.69, 9.17) is 0 Å². The van der Waals surface area contributed by atoms with E-state index >= 15 is 0 Å². The number of aromatic carboxylic acids is 1. The van der Waals surface area contributed by atoms with Gasteiger partial charge in [-0.25, -0.2) is 19.6 Å². The number of rotatable bonds is 12. The summed E-state index contributed by atoms with van der Waals surface area (Å²) in [5, 5.41) is 11.8. The van der Waals surface area contributed by atoms with Crippen molar-refractivity contribution in [3.63, 3.8) is 0 Å². The van der Waals surface area contributed by atoms with Crippen LogP contribution in [0, 0.1) is 6.92 Å². The predicted molar refractivity (Wildman–Crippen MR) is 146 cm³/mol. The molecular weight excluding hydrogens is 559 g/mol. The number of imide groups is 1. The van der Waals surface area contributed by atoms with E-state index < -0.39 is 36.9 Å². The lowest BCUT2D eigenvalue weighted by atomic mass is 10.1. The maximum absolute atomic E-state index is 13.4. The molecule has 3 heterocycles. The zero-order chi connectivity index (χ0) is 29.7. The van der Waals surface area contributed by atoms with Gasteiger partial charge in [0.15, 0.2) is 0 Å². The van der Waals surface area contributed by atoms with Crippen molar-refractivity contribution >= 4 is 35.3 Å². The van der Waals surface area contributed by atoms with Gasteiger partial charge in [-0.2, -0.15) is 13.2 Å². The third-order valence-electron chi connectivity index (χ3n) is 6.59. The predicted octanol–water partition coefficient (Wildman–Crippen LogP) is 5.88. The van der Waals surface area contributed by atoms with Crippen LogP contribution in [-0.4, -0.2) is 60.1 Å². The van der Waals surface area contributed by atoms with Gasteiger partial charge in [0.25, 0.3) is 5.91 Å². The number of urea groups is 1. The number of alkyl halides is 3. The Bertz CT molecular complexity index is 1450. The van der Waals surface area contributed by atoms with Crippen LogP contribution >= 0.6 is 11.3 Å². The summed E-state index contributed by atoms with van der Waals surface area (Å²) in [6.07, 6.45) is -0.318. The number of nitrogens with zero attached hydrogens (tertiary/aromatic N) is 5. The van der Waals surface area contributed by atoms with Crippen LogP contribution < -0.4 is 0 Å². The van der Waals surface area contributed by atoms with Crippen molar-refractivity contribution in [2.24, 2.45) is 0 Å². The standard InChI is InChI=1S/C28H30F3N5O4S/c1-3-4-6-24-32-14-22(35(24)15-19-7-9-20(10-8-19)26(38)39)13-23-25(37)34(12-5-11-28(29,30)31)27(40)36(23)16-21-17-41-18(2)33-21/h7-10,13-14,17H,3-6,11-12,15-16H2,1-2H3,(H,38,39). The second kappa shape index (κ2) is 12.7. The van der Waals surface area contributed by atoms with E-state index in [-0.39, 0.29) is 24.4 Å². The summed E-state index contributed by atoms with van der Waals surface area (Å²) in [6, 6.07) is 5.72. The number of carboxylic acid groups (broad SMARTS) is 1. The molecule has 4 rings (SSSR count). The molecule has 0 bridgehead atoms. The highest BCUT2D eigenvalue weighted by Crippen LogP contribution is 2.29. The maximum Gasteiger partial charge on any atom is 0.389 e. The molecule has 1 aliphatic rings. The lowest BCUT2D eigenvalue weighted by Gasteiger charge is -2.17. The number of aromatic nitrogens is 3. The molecule has 0 saturated carbocycles. The van der Waals surface area contributed by atoms with E-state index in [1.165, 1.54) is 34.4 Å². The molecule has 3 aromatic rings. The van der Waals surface area contributed by atoms with Crippen molar-refractivity contribution in [3.8, 4) is 0 Å². The minimum atomic E-state index is -4.40. The van der Waals surface area contributed by atoms with Crippen molar-refractivity contribution in [2.75, 3.05) is 6.54 Å². The molecule has 0 spiro atoms. The number of hydrogen-bond acceptors (Lipinski definition) is 6. The Morgan fingerprint density at radius 3 is 2.44 bits per heavy atom. The van der Waals surface area contributed by atoms with E-state index in [9.17, 15) is 32.7 Å². The smallest absolute Gasteiger partial charge is 0.389 e. The summed E-state index contributed by atoms with van der Waals surface area (Å²) < 4.78 is 40.2. The topological polar surface area (TPSA) is 109 Å². The van der Waals surface area contributed by atoms with E-state index in [0.29, 0.717) is 24.4 Å². The Labute approximate surface area is 238 Å². The first-order valence-electron chi connectivity index (χ1n) is 13.2. The third kappa shape index (κ3) is 7.40. The van der Waals surface area contributed by atoms with Crippen LogP contribution in [0.25, 0.3) is 6.08 Å². The molecule has 1 aromatic carbocycles. The normalized spacial score (nSPS) is 15.0. The molecule has 41 heavy (non-hydrogen) atoms. The Kier molecular flexibility index (Phi) is 9.26. The quantitative estimate of drug-likeness (QED) is 0.209.